The number of Topliss-reactive ketones (excluding diaryl/α,β-unsaturated/α-hetero) is 2. The van der Waals surface area contributed by atoms with Crippen molar-refractivity contribution in [3.8, 4) is 0 Å². The molecule has 20 heavy (non-hydrogen) atoms. The highest BCUT2D eigenvalue weighted by Gasteiger charge is 2.27. The summed E-state index contributed by atoms with van der Waals surface area (Å²) in [7, 11) is -2.26. The Morgan fingerprint density at radius 3 is 2.40 bits per heavy atom. The Hall–Kier alpha value is -1.75. The first-order valence-electron chi connectivity index (χ1n) is 6.58. The van der Waals surface area contributed by atoms with Crippen molar-refractivity contribution in [1.82, 2.24) is 0 Å². The smallest absolute Gasteiger partial charge is 0.214 e. The van der Waals surface area contributed by atoms with Crippen LogP contribution in [0.1, 0.15) is 48.8 Å². The van der Waals surface area contributed by atoms with Gasteiger partial charge in [0.2, 0.25) is 10.3 Å². The van der Waals surface area contributed by atoms with Crippen LogP contribution in [0.25, 0.3) is 0 Å². The van der Waals surface area contributed by atoms with Crippen molar-refractivity contribution in [2.45, 2.75) is 38.5 Å². The maximum Gasteiger partial charge on any atom is 0.214 e. The summed E-state index contributed by atoms with van der Waals surface area (Å²) in [5.74, 6) is -0.183. The van der Waals surface area contributed by atoms with E-state index in [1.165, 1.54) is 0 Å². The van der Waals surface area contributed by atoms with Gasteiger partial charge in [-0.15, -0.1) is 0 Å². The van der Waals surface area contributed by atoms with E-state index in [9.17, 15) is 18.0 Å². The summed E-state index contributed by atoms with van der Waals surface area (Å²) in [5.41, 5.74) is 2.57. The molecule has 1 aromatic carbocycles. The van der Waals surface area contributed by atoms with Crippen molar-refractivity contribution in [1.29, 1.82) is 0 Å². The number of hydrogen-bond acceptors (Lipinski definition) is 4. The molecular weight excluding hydrogens is 276 g/mol. The average molecular weight is 292 g/mol. The van der Waals surface area contributed by atoms with Gasteiger partial charge in [-0.1, -0.05) is 25.1 Å². The minimum absolute atomic E-state index is 0.0323. The third kappa shape index (κ3) is 3.42. The number of benzene rings is 1. The van der Waals surface area contributed by atoms with Crippen LogP contribution in [0.3, 0.4) is 0 Å². The molecule has 106 valence electrons. The molecule has 1 saturated carbocycles. The van der Waals surface area contributed by atoms with Gasteiger partial charge < -0.3 is 0 Å². The third-order valence-corrected chi connectivity index (χ3v) is 4.03. The van der Waals surface area contributed by atoms with Gasteiger partial charge in [-0.05, 0) is 29.0 Å². The largest absolute Gasteiger partial charge is 0.299 e. The van der Waals surface area contributed by atoms with E-state index in [4.69, 9.17) is 0 Å². The average Bonchev–Trinajstić information content (AvgIpc) is 2.36. The second-order valence-electron chi connectivity index (χ2n) is 5.05. The first-order chi connectivity index (χ1) is 9.49. The minimum atomic E-state index is -2.26. The molecule has 1 aliphatic carbocycles. The molecular formula is C15H16O4S. The number of carbonyl (C=O) groups excluding carboxylic acids is 2. The topological polar surface area (TPSA) is 68.3 Å². The maximum absolute atomic E-state index is 11.6. The zero-order chi connectivity index (χ0) is 14.7. The number of hydrogen-bond donors (Lipinski definition) is 0. The van der Waals surface area contributed by atoms with Crippen molar-refractivity contribution >= 4 is 27.2 Å². The van der Waals surface area contributed by atoms with E-state index < -0.39 is 10.3 Å². The molecule has 0 amide bonds. The number of rotatable bonds is 3. The molecule has 0 spiro atoms. The quantitative estimate of drug-likeness (QED) is 0.628. The van der Waals surface area contributed by atoms with Crippen LogP contribution < -0.4 is 0 Å². The van der Waals surface area contributed by atoms with Crippen LogP contribution >= 0.6 is 0 Å². The summed E-state index contributed by atoms with van der Waals surface area (Å²) in [6.45, 7) is 2.00. The highest BCUT2D eigenvalue weighted by atomic mass is 32.2. The summed E-state index contributed by atoms with van der Waals surface area (Å²) in [6.07, 6.45) is 1.55. The Balaban J connectivity index is 2.44. The highest BCUT2D eigenvalue weighted by Crippen LogP contribution is 2.32. The first-order valence-corrected chi connectivity index (χ1v) is 7.72. The molecule has 0 radical (unpaired) electrons. The van der Waals surface area contributed by atoms with Gasteiger partial charge in [0, 0.05) is 12.8 Å². The lowest BCUT2D eigenvalue weighted by Gasteiger charge is -2.23. The molecule has 0 N–H and O–H groups in total. The first kappa shape index (κ1) is 14.7. The van der Waals surface area contributed by atoms with Crippen LogP contribution in [0.2, 0.25) is 0 Å². The zero-order valence-electron chi connectivity index (χ0n) is 11.3. The van der Waals surface area contributed by atoms with E-state index in [1.54, 1.807) is 12.1 Å². The van der Waals surface area contributed by atoms with Gasteiger partial charge in [0.25, 0.3) is 0 Å². The maximum atomic E-state index is 11.6. The van der Waals surface area contributed by atoms with Gasteiger partial charge >= 0.3 is 0 Å². The minimum Gasteiger partial charge on any atom is -0.299 e. The fourth-order valence-electron chi connectivity index (χ4n) is 2.71. The van der Waals surface area contributed by atoms with Gasteiger partial charge in [0.05, 0.1) is 11.8 Å². The molecule has 1 fully saturated rings. The van der Waals surface area contributed by atoms with E-state index in [2.05, 4.69) is 0 Å². The van der Waals surface area contributed by atoms with Crippen LogP contribution in [0.15, 0.2) is 18.2 Å². The van der Waals surface area contributed by atoms with Gasteiger partial charge in [-0.3, -0.25) is 9.59 Å². The summed E-state index contributed by atoms with van der Waals surface area (Å²) in [5, 5.41) is 1.13. The summed E-state index contributed by atoms with van der Waals surface area (Å²) < 4.78 is 21.5. The van der Waals surface area contributed by atoms with Crippen LogP contribution in [0, 0.1) is 0 Å². The number of aryl methyl sites for hydroxylation is 1. The number of ketones is 2. The Bertz CT molecular complexity index is 662. The van der Waals surface area contributed by atoms with Crippen LogP contribution in [0.5, 0.6) is 0 Å². The van der Waals surface area contributed by atoms with Gasteiger partial charge in [0.1, 0.15) is 11.6 Å². The molecule has 1 aliphatic rings. The SMILES string of the molecule is CCc1ccc(C=S(=O)=O)cc1C1CC(=O)CC(=O)C1. The fraction of sp³-hybridized carbons (Fsp3) is 0.400. The summed E-state index contributed by atoms with van der Waals surface area (Å²) in [4.78, 5) is 23.2. The van der Waals surface area contributed by atoms with Crippen LogP contribution in [0.4, 0.5) is 0 Å². The van der Waals surface area contributed by atoms with Crippen molar-refractivity contribution in [2.24, 2.45) is 0 Å². The van der Waals surface area contributed by atoms with Gasteiger partial charge in [-0.25, -0.2) is 0 Å². The molecule has 0 aromatic heterocycles. The molecule has 1 aromatic rings. The lowest BCUT2D eigenvalue weighted by atomic mass is 9.80. The Labute approximate surface area is 119 Å². The summed E-state index contributed by atoms with van der Waals surface area (Å²) in [6, 6.07) is 5.40. The van der Waals surface area contributed by atoms with Crippen molar-refractivity contribution < 1.29 is 18.0 Å². The normalized spacial score (nSPS) is 16.2. The second kappa shape index (κ2) is 6.13. The monoisotopic (exact) mass is 292 g/mol. The lowest BCUT2D eigenvalue weighted by Crippen LogP contribution is -2.22. The van der Waals surface area contributed by atoms with E-state index >= 15 is 0 Å². The van der Waals surface area contributed by atoms with E-state index in [0.29, 0.717) is 18.4 Å². The molecule has 0 bridgehead atoms. The number of carbonyl (C=O) groups is 2. The Kier molecular flexibility index (Phi) is 4.49. The fourth-order valence-corrected chi connectivity index (χ4v) is 3.07. The van der Waals surface area contributed by atoms with Crippen molar-refractivity contribution in [3.63, 3.8) is 0 Å². The standard InChI is InChI=1S/C15H16O4S/c1-2-11-4-3-10(9-20(18)19)5-15(11)12-6-13(16)8-14(17)7-12/h3-5,9,12H,2,6-8H2,1H3. The van der Waals surface area contributed by atoms with E-state index in [0.717, 1.165) is 22.9 Å². The molecule has 0 saturated heterocycles. The predicted octanol–water partition coefficient (Wildman–Crippen LogP) is 1.68. The van der Waals surface area contributed by atoms with Crippen molar-refractivity contribution in [3.05, 3.63) is 34.9 Å². The second-order valence-corrected chi connectivity index (χ2v) is 5.81. The van der Waals surface area contributed by atoms with Gasteiger partial charge in [0.15, 0.2) is 0 Å². The van der Waals surface area contributed by atoms with Gasteiger partial charge in [-0.2, -0.15) is 8.42 Å². The molecule has 0 atom stereocenters. The molecule has 5 heteroatoms. The third-order valence-electron chi connectivity index (χ3n) is 3.57. The predicted molar refractivity (Wildman–Crippen MR) is 76.5 cm³/mol. The molecule has 0 heterocycles. The Morgan fingerprint density at radius 1 is 1.20 bits per heavy atom. The van der Waals surface area contributed by atoms with Crippen LogP contribution in [-0.4, -0.2) is 25.4 Å². The highest BCUT2D eigenvalue weighted by molar-refractivity contribution is 7.71. The van der Waals surface area contributed by atoms with E-state index in [1.807, 2.05) is 13.0 Å². The van der Waals surface area contributed by atoms with E-state index in [-0.39, 0.29) is 23.9 Å². The molecule has 0 unspecified atom stereocenters. The zero-order valence-corrected chi connectivity index (χ0v) is 12.1. The lowest BCUT2D eigenvalue weighted by molar-refractivity contribution is -0.130. The Morgan fingerprint density at radius 2 is 1.85 bits per heavy atom. The molecule has 4 nitrogen and oxygen atoms in total. The molecule has 0 aliphatic heterocycles. The summed E-state index contributed by atoms with van der Waals surface area (Å²) >= 11 is 0. The van der Waals surface area contributed by atoms with Crippen molar-refractivity contribution in [2.75, 3.05) is 0 Å². The van der Waals surface area contributed by atoms with Crippen LogP contribution in [-0.2, 0) is 26.3 Å². The molecule has 2 rings (SSSR count).